The molecule has 1 N–H and O–H groups in total. The van der Waals surface area contributed by atoms with Gasteiger partial charge in [-0.05, 0) is 55.7 Å². The van der Waals surface area contributed by atoms with E-state index in [1.807, 2.05) is 10.9 Å². The summed E-state index contributed by atoms with van der Waals surface area (Å²) in [5.41, 5.74) is -0.779. The van der Waals surface area contributed by atoms with Crippen LogP contribution in [-0.2, 0) is 6.18 Å². The largest absolute Gasteiger partial charge is 0.479 e. The molecule has 3 aromatic heterocycles. The lowest BCUT2D eigenvalue weighted by Crippen LogP contribution is -2.21. The van der Waals surface area contributed by atoms with Gasteiger partial charge >= 0.3 is 6.18 Å². The quantitative estimate of drug-likeness (QED) is 0.543. The summed E-state index contributed by atoms with van der Waals surface area (Å²) < 4.78 is 46.0. The summed E-state index contributed by atoms with van der Waals surface area (Å²) in [5, 5.41) is 7.87. The standard InChI is InChI=1S/C23H26F3N5O2/c1-13(2)14-7-9-16(10-8-14)31-12-15-11-18(22(33-3)29-20(15)30-31)28-21(32)17-5-4-6-19(27-17)23(24,25)26/h4-6,11-14,16H,7-10H2,1-3H3,(H,28,32). The van der Waals surface area contributed by atoms with E-state index in [9.17, 15) is 18.0 Å². The number of fused-ring (bicyclic) bond motifs is 1. The number of hydrogen-bond acceptors (Lipinski definition) is 5. The molecule has 4 rings (SSSR count). The summed E-state index contributed by atoms with van der Waals surface area (Å²) >= 11 is 0. The number of carbonyl (C=O) groups excluding carboxylic acids is 1. The maximum absolute atomic E-state index is 12.9. The molecule has 10 heteroatoms. The number of halogens is 3. The molecule has 3 aromatic rings. The SMILES string of the molecule is COc1nc2nn(C3CCC(C(C)C)CC3)cc2cc1NC(=O)c1cccc(C(F)(F)F)n1. The number of carbonyl (C=O) groups is 1. The van der Waals surface area contributed by atoms with Crippen LogP contribution in [0.3, 0.4) is 0 Å². The summed E-state index contributed by atoms with van der Waals surface area (Å²) in [4.78, 5) is 20.4. The molecular formula is C23H26F3N5O2. The molecule has 0 saturated heterocycles. The summed E-state index contributed by atoms with van der Waals surface area (Å²) in [6.07, 6.45) is 1.64. The number of nitrogens with one attached hydrogen (secondary N) is 1. The van der Waals surface area contributed by atoms with Crippen molar-refractivity contribution in [3.05, 3.63) is 41.9 Å². The van der Waals surface area contributed by atoms with Gasteiger partial charge < -0.3 is 10.1 Å². The van der Waals surface area contributed by atoms with Crippen LogP contribution < -0.4 is 10.1 Å². The molecular weight excluding hydrogens is 435 g/mol. The second-order valence-electron chi connectivity index (χ2n) is 8.74. The predicted molar refractivity (Wildman–Crippen MR) is 117 cm³/mol. The lowest BCUT2D eigenvalue weighted by molar-refractivity contribution is -0.141. The first-order valence-electron chi connectivity index (χ1n) is 10.9. The van der Waals surface area contributed by atoms with E-state index >= 15 is 0 Å². The second kappa shape index (κ2) is 8.99. The van der Waals surface area contributed by atoms with Gasteiger partial charge in [-0.15, -0.1) is 0 Å². The molecule has 0 unspecified atom stereocenters. The number of hydrogen-bond donors (Lipinski definition) is 1. The van der Waals surface area contributed by atoms with Gasteiger partial charge in [0.1, 0.15) is 17.1 Å². The summed E-state index contributed by atoms with van der Waals surface area (Å²) in [7, 11) is 1.40. The van der Waals surface area contributed by atoms with Gasteiger partial charge in [-0.25, -0.2) is 4.98 Å². The Hall–Kier alpha value is -3.17. The predicted octanol–water partition coefficient (Wildman–Crippen LogP) is 5.49. The number of anilines is 1. The maximum atomic E-state index is 12.9. The van der Waals surface area contributed by atoms with E-state index in [1.165, 1.54) is 13.2 Å². The topological polar surface area (TPSA) is 81.9 Å². The summed E-state index contributed by atoms with van der Waals surface area (Å²) in [6, 6.07) is 5.12. The number of pyridine rings is 2. The van der Waals surface area contributed by atoms with Crippen molar-refractivity contribution in [2.75, 3.05) is 12.4 Å². The molecule has 176 valence electrons. The Bertz CT molecular complexity index is 1150. The van der Waals surface area contributed by atoms with Crippen molar-refractivity contribution in [3.63, 3.8) is 0 Å². The summed E-state index contributed by atoms with van der Waals surface area (Å²) in [6.45, 7) is 4.52. The van der Waals surface area contributed by atoms with Crippen LogP contribution in [0.2, 0.25) is 0 Å². The Balaban J connectivity index is 1.56. The highest BCUT2D eigenvalue weighted by atomic mass is 19.4. The lowest BCUT2D eigenvalue weighted by Gasteiger charge is -2.30. The van der Waals surface area contributed by atoms with Crippen LogP contribution in [0.1, 0.15) is 61.8 Å². The molecule has 0 atom stereocenters. The van der Waals surface area contributed by atoms with Crippen LogP contribution in [0.4, 0.5) is 18.9 Å². The highest BCUT2D eigenvalue weighted by Crippen LogP contribution is 2.36. The van der Waals surface area contributed by atoms with Crippen molar-refractivity contribution in [1.82, 2.24) is 19.7 Å². The van der Waals surface area contributed by atoms with Crippen molar-refractivity contribution < 1.29 is 22.7 Å². The van der Waals surface area contributed by atoms with Gasteiger partial charge in [0, 0.05) is 11.6 Å². The van der Waals surface area contributed by atoms with Crippen LogP contribution >= 0.6 is 0 Å². The molecule has 0 aromatic carbocycles. The number of ether oxygens (including phenoxy) is 1. The molecule has 0 bridgehead atoms. The molecule has 1 aliphatic carbocycles. The Kier molecular flexibility index (Phi) is 6.27. The van der Waals surface area contributed by atoms with Gasteiger partial charge in [0.2, 0.25) is 5.88 Å². The summed E-state index contributed by atoms with van der Waals surface area (Å²) in [5.74, 6) is 0.735. The number of amides is 1. The van der Waals surface area contributed by atoms with Crippen LogP contribution in [0.25, 0.3) is 11.0 Å². The molecule has 1 aliphatic rings. The fraction of sp³-hybridized carbons (Fsp3) is 0.478. The molecule has 1 fully saturated rings. The fourth-order valence-corrected chi connectivity index (χ4v) is 4.33. The Morgan fingerprint density at radius 3 is 2.55 bits per heavy atom. The molecule has 3 heterocycles. The molecule has 1 amide bonds. The number of alkyl halides is 3. The van der Waals surface area contributed by atoms with Crippen molar-refractivity contribution in [3.8, 4) is 5.88 Å². The smallest absolute Gasteiger partial charge is 0.433 e. The first kappa shape index (κ1) is 23.0. The third kappa shape index (κ3) is 4.94. The fourth-order valence-electron chi connectivity index (χ4n) is 4.33. The van der Waals surface area contributed by atoms with Crippen molar-refractivity contribution >= 4 is 22.6 Å². The molecule has 0 radical (unpaired) electrons. The van der Waals surface area contributed by atoms with Gasteiger partial charge in [-0.3, -0.25) is 9.48 Å². The number of methoxy groups -OCH3 is 1. The minimum atomic E-state index is -4.64. The third-order valence-corrected chi connectivity index (χ3v) is 6.25. The normalized spacial score (nSPS) is 19.1. The zero-order valence-electron chi connectivity index (χ0n) is 18.7. The Labute approximate surface area is 189 Å². The Morgan fingerprint density at radius 2 is 1.91 bits per heavy atom. The van der Waals surface area contributed by atoms with Crippen LogP contribution in [0, 0.1) is 11.8 Å². The van der Waals surface area contributed by atoms with Crippen molar-refractivity contribution in [2.24, 2.45) is 11.8 Å². The molecule has 1 saturated carbocycles. The average molecular weight is 461 g/mol. The number of aromatic nitrogens is 4. The van der Waals surface area contributed by atoms with E-state index in [0.29, 0.717) is 17.0 Å². The number of rotatable bonds is 5. The van der Waals surface area contributed by atoms with Gasteiger partial charge in [0.25, 0.3) is 5.91 Å². The van der Waals surface area contributed by atoms with E-state index in [4.69, 9.17) is 4.74 Å². The lowest BCUT2D eigenvalue weighted by atomic mass is 9.80. The average Bonchev–Trinajstić information content (AvgIpc) is 3.21. The second-order valence-corrected chi connectivity index (χ2v) is 8.74. The number of nitrogens with zero attached hydrogens (tertiary/aromatic N) is 4. The van der Waals surface area contributed by atoms with E-state index in [-0.39, 0.29) is 23.3 Å². The first-order valence-corrected chi connectivity index (χ1v) is 10.9. The molecule has 7 nitrogen and oxygen atoms in total. The Morgan fingerprint density at radius 1 is 1.18 bits per heavy atom. The van der Waals surface area contributed by atoms with E-state index in [2.05, 4.69) is 34.2 Å². The van der Waals surface area contributed by atoms with Crippen LogP contribution in [-0.4, -0.2) is 32.8 Å². The highest BCUT2D eigenvalue weighted by Gasteiger charge is 2.33. The molecule has 0 spiro atoms. The maximum Gasteiger partial charge on any atom is 0.433 e. The minimum Gasteiger partial charge on any atom is -0.479 e. The monoisotopic (exact) mass is 461 g/mol. The van der Waals surface area contributed by atoms with E-state index in [0.717, 1.165) is 43.7 Å². The highest BCUT2D eigenvalue weighted by molar-refractivity contribution is 6.04. The van der Waals surface area contributed by atoms with Gasteiger partial charge in [0.05, 0.1) is 13.2 Å². The molecule has 0 aliphatic heterocycles. The van der Waals surface area contributed by atoms with Gasteiger partial charge in [0.15, 0.2) is 5.65 Å². The van der Waals surface area contributed by atoms with Crippen molar-refractivity contribution in [2.45, 2.75) is 51.7 Å². The van der Waals surface area contributed by atoms with Crippen molar-refractivity contribution in [1.29, 1.82) is 0 Å². The zero-order valence-corrected chi connectivity index (χ0v) is 18.7. The zero-order chi connectivity index (χ0) is 23.8. The van der Waals surface area contributed by atoms with E-state index < -0.39 is 17.8 Å². The first-order chi connectivity index (χ1) is 15.7. The molecule has 33 heavy (non-hydrogen) atoms. The van der Waals surface area contributed by atoms with E-state index in [1.54, 1.807) is 6.07 Å². The van der Waals surface area contributed by atoms with Crippen LogP contribution in [0.5, 0.6) is 5.88 Å². The van der Waals surface area contributed by atoms with Gasteiger partial charge in [-0.2, -0.15) is 23.3 Å². The minimum absolute atomic E-state index is 0.122. The van der Waals surface area contributed by atoms with Crippen LogP contribution in [0.15, 0.2) is 30.5 Å². The third-order valence-electron chi connectivity index (χ3n) is 6.25. The van der Waals surface area contributed by atoms with Gasteiger partial charge in [-0.1, -0.05) is 19.9 Å².